The number of hydrogen-bond donors (Lipinski definition) is 0. The molecule has 456 valence electrons. The van der Waals surface area contributed by atoms with Crippen LogP contribution in [0, 0.1) is 0 Å². The van der Waals surface area contributed by atoms with Gasteiger partial charge in [0.2, 0.25) is 0 Å². The molecule has 1 atom stereocenters. The Morgan fingerprint density at radius 1 is 0.266 bits per heavy atom. The molecule has 0 bridgehead atoms. The summed E-state index contributed by atoms with van der Waals surface area (Å²) in [5.74, 6) is -0.917. The van der Waals surface area contributed by atoms with E-state index in [-0.39, 0.29) is 31.1 Å². The van der Waals surface area contributed by atoms with Crippen molar-refractivity contribution in [1.82, 2.24) is 0 Å². The fourth-order valence-corrected chi connectivity index (χ4v) is 9.80. The lowest BCUT2D eigenvalue weighted by molar-refractivity contribution is -0.167. The molecule has 0 fully saturated rings. The number of carbonyl (C=O) groups excluding carboxylic acids is 3. The first kappa shape index (κ1) is 75.6. The Morgan fingerprint density at radius 2 is 0.494 bits per heavy atom. The van der Waals surface area contributed by atoms with Gasteiger partial charge in [0, 0.05) is 19.3 Å². The molecular weight excluding hydrogens is 973 g/mol. The number of rotatable bonds is 62. The maximum Gasteiger partial charge on any atom is 0.306 e. The summed E-state index contributed by atoms with van der Waals surface area (Å²) in [6, 6.07) is 0. The van der Waals surface area contributed by atoms with Gasteiger partial charge < -0.3 is 14.2 Å². The van der Waals surface area contributed by atoms with Gasteiger partial charge in [0.05, 0.1) is 0 Å². The zero-order valence-electron chi connectivity index (χ0n) is 52.4. The van der Waals surface area contributed by atoms with Gasteiger partial charge in [0.15, 0.2) is 6.10 Å². The van der Waals surface area contributed by atoms with Gasteiger partial charge >= 0.3 is 17.9 Å². The van der Waals surface area contributed by atoms with Crippen LogP contribution in [0.4, 0.5) is 0 Å². The van der Waals surface area contributed by atoms with Crippen LogP contribution in [-0.4, -0.2) is 37.2 Å². The second-order valence-corrected chi connectivity index (χ2v) is 22.7. The van der Waals surface area contributed by atoms with E-state index in [9.17, 15) is 14.4 Å². The second kappa shape index (κ2) is 67.1. The van der Waals surface area contributed by atoms with Crippen LogP contribution in [0.15, 0.2) is 85.1 Å². The molecule has 0 aliphatic carbocycles. The molecule has 0 aromatic heterocycles. The standard InChI is InChI=1S/C73H128O6/c1-4-7-10-13-16-19-22-25-28-31-34-36-39-42-45-48-51-54-57-60-63-66-72(75)78-69-70(68-77-71(74)65-62-59-56-53-50-47-44-41-38-33-30-27-24-21-18-15-12-9-6-3)79-73(76)67-64-61-58-55-52-49-46-43-40-37-35-32-29-26-23-20-17-14-11-8-5-2/h7,10,16,19,25,28,32,34-36,42,45,51,54,70H,4-6,8-9,11-15,17-18,20-24,26-27,29-31,33,37-41,43-44,46-50,52-53,55-69H2,1-3H3/b10-7-,19-16-,28-25-,35-32-,36-34-,45-42-,54-51-. The third-order valence-electron chi connectivity index (χ3n) is 14.9. The maximum absolute atomic E-state index is 13.0. The van der Waals surface area contributed by atoms with E-state index in [1.54, 1.807) is 0 Å². The molecule has 0 amide bonds. The Kier molecular flexibility index (Phi) is 64.2. The molecule has 0 aromatic carbocycles. The first-order chi connectivity index (χ1) is 39.0. The number of hydrogen-bond acceptors (Lipinski definition) is 6. The summed E-state index contributed by atoms with van der Waals surface area (Å²) >= 11 is 0. The van der Waals surface area contributed by atoms with Crippen molar-refractivity contribution in [2.24, 2.45) is 0 Å². The zero-order valence-corrected chi connectivity index (χ0v) is 52.4. The van der Waals surface area contributed by atoms with E-state index in [1.807, 2.05) is 0 Å². The third-order valence-corrected chi connectivity index (χ3v) is 14.9. The van der Waals surface area contributed by atoms with Crippen LogP contribution in [0.25, 0.3) is 0 Å². The maximum atomic E-state index is 13.0. The zero-order chi connectivity index (χ0) is 57.1. The highest BCUT2D eigenvalue weighted by molar-refractivity contribution is 5.71. The summed E-state index contributed by atoms with van der Waals surface area (Å²) < 4.78 is 17.0. The fourth-order valence-electron chi connectivity index (χ4n) is 9.80. The lowest BCUT2D eigenvalue weighted by atomic mass is 10.0. The Bertz CT molecular complexity index is 1500. The van der Waals surface area contributed by atoms with Crippen molar-refractivity contribution in [1.29, 1.82) is 0 Å². The molecule has 0 N–H and O–H groups in total. The molecule has 1 unspecified atom stereocenters. The first-order valence-electron chi connectivity index (χ1n) is 34.1. The van der Waals surface area contributed by atoms with E-state index in [2.05, 4.69) is 106 Å². The average molecular weight is 1100 g/mol. The van der Waals surface area contributed by atoms with Gasteiger partial charge in [0.1, 0.15) is 13.2 Å². The van der Waals surface area contributed by atoms with Gasteiger partial charge in [-0.05, 0) is 96.3 Å². The van der Waals surface area contributed by atoms with Gasteiger partial charge in [-0.15, -0.1) is 0 Å². The van der Waals surface area contributed by atoms with Gasteiger partial charge in [-0.3, -0.25) is 14.4 Å². The van der Waals surface area contributed by atoms with E-state index in [0.29, 0.717) is 19.3 Å². The predicted molar refractivity (Wildman–Crippen MR) is 344 cm³/mol. The molecule has 0 aliphatic heterocycles. The SMILES string of the molecule is CC/C=C\C/C=C\C/C=C\C/C=C\C/C=C\C/C=C\CCCCC(=O)OCC(COC(=O)CCCCCCCCCCCCCCCCCCCCC)OC(=O)CCCCCCCCCCC/C=C\CCCCCCCCCC. The van der Waals surface area contributed by atoms with Crippen LogP contribution in [0.3, 0.4) is 0 Å². The fraction of sp³-hybridized carbons (Fsp3) is 0.767. The van der Waals surface area contributed by atoms with Crippen molar-refractivity contribution in [3.63, 3.8) is 0 Å². The van der Waals surface area contributed by atoms with Gasteiger partial charge in [0.25, 0.3) is 0 Å². The molecule has 0 spiro atoms. The molecule has 0 aliphatic rings. The molecule has 79 heavy (non-hydrogen) atoms. The predicted octanol–water partition coefficient (Wildman–Crippen LogP) is 23.4. The van der Waals surface area contributed by atoms with Crippen molar-refractivity contribution < 1.29 is 28.6 Å². The Balaban J connectivity index is 4.43. The first-order valence-corrected chi connectivity index (χ1v) is 34.1. The quantitative estimate of drug-likeness (QED) is 0.0261. The minimum absolute atomic E-state index is 0.0880. The third kappa shape index (κ3) is 65.3. The largest absolute Gasteiger partial charge is 0.462 e. The number of carbonyl (C=O) groups is 3. The van der Waals surface area contributed by atoms with Crippen LogP contribution < -0.4 is 0 Å². The number of allylic oxidation sites excluding steroid dienone is 14. The van der Waals surface area contributed by atoms with Crippen LogP contribution in [0.2, 0.25) is 0 Å². The van der Waals surface area contributed by atoms with Crippen molar-refractivity contribution in [3.8, 4) is 0 Å². The van der Waals surface area contributed by atoms with Crippen molar-refractivity contribution in [2.45, 2.75) is 348 Å². The van der Waals surface area contributed by atoms with Crippen molar-refractivity contribution in [3.05, 3.63) is 85.1 Å². The summed E-state index contributed by atoms with van der Waals surface area (Å²) in [6.45, 7) is 6.54. The van der Waals surface area contributed by atoms with E-state index in [1.165, 1.54) is 205 Å². The number of esters is 3. The lowest BCUT2D eigenvalue weighted by Gasteiger charge is -2.18. The van der Waals surface area contributed by atoms with Crippen LogP contribution in [0.1, 0.15) is 342 Å². The molecule has 0 saturated heterocycles. The molecule has 0 aromatic rings. The van der Waals surface area contributed by atoms with E-state index in [4.69, 9.17) is 14.2 Å². The average Bonchev–Trinajstić information content (AvgIpc) is 3.45. The smallest absolute Gasteiger partial charge is 0.306 e. The van der Waals surface area contributed by atoms with Gasteiger partial charge in [-0.1, -0.05) is 311 Å². The topological polar surface area (TPSA) is 78.9 Å². The van der Waals surface area contributed by atoms with E-state index < -0.39 is 6.10 Å². The summed E-state index contributed by atoms with van der Waals surface area (Å²) in [4.78, 5) is 38.4. The monoisotopic (exact) mass is 1100 g/mol. The normalized spacial score (nSPS) is 12.6. The number of ether oxygens (including phenoxy) is 3. The molecule has 0 radical (unpaired) electrons. The highest BCUT2D eigenvalue weighted by atomic mass is 16.6. The van der Waals surface area contributed by atoms with Crippen LogP contribution in [-0.2, 0) is 28.6 Å². The highest BCUT2D eigenvalue weighted by Crippen LogP contribution is 2.17. The molecule has 0 rings (SSSR count). The van der Waals surface area contributed by atoms with Crippen molar-refractivity contribution >= 4 is 17.9 Å². The lowest BCUT2D eigenvalue weighted by Crippen LogP contribution is -2.30. The summed E-state index contributed by atoms with van der Waals surface area (Å²) in [7, 11) is 0. The minimum Gasteiger partial charge on any atom is -0.462 e. The van der Waals surface area contributed by atoms with Crippen molar-refractivity contribution in [2.75, 3.05) is 13.2 Å². The van der Waals surface area contributed by atoms with Crippen LogP contribution in [0.5, 0.6) is 0 Å². The number of unbranched alkanes of at least 4 members (excludes halogenated alkanes) is 37. The van der Waals surface area contributed by atoms with Gasteiger partial charge in [-0.25, -0.2) is 0 Å². The molecule has 0 heterocycles. The van der Waals surface area contributed by atoms with Gasteiger partial charge in [-0.2, -0.15) is 0 Å². The van der Waals surface area contributed by atoms with Crippen LogP contribution >= 0.6 is 0 Å². The Hall–Kier alpha value is -3.41. The Morgan fingerprint density at radius 3 is 0.810 bits per heavy atom. The Labute approximate surface area is 490 Å². The molecule has 0 saturated carbocycles. The van der Waals surface area contributed by atoms with E-state index >= 15 is 0 Å². The molecule has 6 nitrogen and oxygen atoms in total. The minimum atomic E-state index is -0.796. The summed E-state index contributed by atoms with van der Waals surface area (Å²) in [5, 5.41) is 0. The highest BCUT2D eigenvalue weighted by Gasteiger charge is 2.19. The summed E-state index contributed by atoms with van der Waals surface area (Å²) in [6.07, 6.45) is 88.8. The second-order valence-electron chi connectivity index (χ2n) is 22.7. The molecule has 6 heteroatoms. The summed E-state index contributed by atoms with van der Waals surface area (Å²) in [5.41, 5.74) is 0. The molecular formula is C73H128O6. The van der Waals surface area contributed by atoms with E-state index in [0.717, 1.165) is 96.3 Å².